The van der Waals surface area contributed by atoms with Crippen LogP contribution in [0.2, 0.25) is 0 Å². The average molecular weight is 301 g/mol. The zero-order valence-electron chi connectivity index (χ0n) is 12.6. The van der Waals surface area contributed by atoms with E-state index < -0.39 is 11.9 Å². The summed E-state index contributed by atoms with van der Waals surface area (Å²) in [5.41, 5.74) is 10.5. The van der Waals surface area contributed by atoms with Crippen LogP contribution in [0.15, 0.2) is 0 Å². The van der Waals surface area contributed by atoms with Crippen LogP contribution in [0.4, 0.5) is 0 Å². The molecule has 0 heterocycles. The Balaban J connectivity index is 3.64. The van der Waals surface area contributed by atoms with Gasteiger partial charge in [-0.05, 0) is 26.3 Å². The number of hydrogen-bond donors (Lipinski definition) is 5. The lowest BCUT2D eigenvalue weighted by Gasteiger charge is -2.14. The van der Waals surface area contributed by atoms with Crippen molar-refractivity contribution in [3.63, 3.8) is 0 Å². The van der Waals surface area contributed by atoms with Crippen LogP contribution in [0.25, 0.3) is 0 Å². The van der Waals surface area contributed by atoms with E-state index in [4.69, 9.17) is 11.5 Å². The Morgan fingerprint density at radius 3 is 2.29 bits per heavy atom. The Labute approximate surface area is 125 Å². The Morgan fingerprint density at radius 2 is 1.71 bits per heavy atom. The summed E-state index contributed by atoms with van der Waals surface area (Å²) >= 11 is 0. The first-order chi connectivity index (χ1) is 9.97. The molecule has 1 atom stereocenters. The van der Waals surface area contributed by atoms with Crippen molar-refractivity contribution in [1.29, 1.82) is 0 Å². The van der Waals surface area contributed by atoms with Gasteiger partial charge < -0.3 is 16.8 Å². The number of hydrogen-bond acceptors (Lipinski definition) is 7. The van der Waals surface area contributed by atoms with E-state index in [0.29, 0.717) is 19.5 Å². The number of nitrogens with two attached hydrogens (primary N) is 2. The van der Waals surface area contributed by atoms with Gasteiger partial charge in [0.25, 0.3) is 0 Å². The molecule has 0 aliphatic carbocycles. The van der Waals surface area contributed by atoms with Crippen molar-refractivity contribution in [3.05, 3.63) is 0 Å². The van der Waals surface area contributed by atoms with Gasteiger partial charge in [0.15, 0.2) is 5.78 Å². The third-order valence-electron chi connectivity index (χ3n) is 2.83. The highest BCUT2D eigenvalue weighted by atomic mass is 16.1. The predicted octanol–water partition coefficient (Wildman–Crippen LogP) is -2.15. The Kier molecular flexibility index (Phi) is 11.6. The number of rotatable bonds is 14. The molecule has 1 amide bonds. The smallest absolute Gasteiger partial charge is 0.234 e. The second-order valence-corrected chi connectivity index (χ2v) is 4.88. The number of Topliss-reactive ketones (excluding diaryl/α,β-unsaturated/α-hetero) is 2. The number of ketones is 2. The minimum absolute atomic E-state index is 0.0347. The molecule has 0 aromatic carbocycles. The third kappa shape index (κ3) is 12.1. The van der Waals surface area contributed by atoms with Gasteiger partial charge in [-0.15, -0.1) is 0 Å². The summed E-state index contributed by atoms with van der Waals surface area (Å²) in [6, 6.07) is -0.482. The molecule has 7 N–H and O–H groups in total. The van der Waals surface area contributed by atoms with Gasteiger partial charge in [0.1, 0.15) is 5.78 Å². The standard InChI is InChI=1S/C13H27N5O3/c1-10(19)6-18-12(13(15)21)4-2-3-5-16-7-11(20)8-17-9-14/h12,16-18H,2-9,14H2,1H3,(H2,15,21)/t12-/m0/s1. The number of nitrogens with one attached hydrogen (secondary N) is 3. The second-order valence-electron chi connectivity index (χ2n) is 4.88. The molecule has 0 bridgehead atoms. The molecule has 21 heavy (non-hydrogen) atoms. The van der Waals surface area contributed by atoms with Gasteiger partial charge in [-0.25, -0.2) is 0 Å². The van der Waals surface area contributed by atoms with Crippen molar-refractivity contribution in [3.8, 4) is 0 Å². The fraction of sp³-hybridized carbons (Fsp3) is 0.769. The maximum atomic E-state index is 11.3. The number of primary amides is 1. The maximum absolute atomic E-state index is 11.3. The highest BCUT2D eigenvalue weighted by Gasteiger charge is 2.14. The number of amides is 1. The summed E-state index contributed by atoms with van der Waals surface area (Å²) in [6.45, 7) is 3.14. The first-order valence-corrected chi connectivity index (χ1v) is 7.12. The molecule has 0 radical (unpaired) electrons. The van der Waals surface area contributed by atoms with Crippen molar-refractivity contribution < 1.29 is 14.4 Å². The van der Waals surface area contributed by atoms with Crippen LogP contribution in [0.1, 0.15) is 26.2 Å². The first kappa shape index (κ1) is 19.7. The van der Waals surface area contributed by atoms with E-state index in [2.05, 4.69) is 16.0 Å². The van der Waals surface area contributed by atoms with Crippen LogP contribution in [0, 0.1) is 0 Å². The zero-order chi connectivity index (χ0) is 16.1. The quantitative estimate of drug-likeness (QED) is 0.182. The number of carbonyl (C=O) groups excluding carboxylic acids is 3. The van der Waals surface area contributed by atoms with Crippen molar-refractivity contribution in [2.75, 3.05) is 32.8 Å². The molecule has 0 saturated heterocycles. The van der Waals surface area contributed by atoms with E-state index >= 15 is 0 Å². The summed E-state index contributed by atoms with van der Waals surface area (Å²) in [7, 11) is 0. The average Bonchev–Trinajstić information content (AvgIpc) is 2.42. The van der Waals surface area contributed by atoms with Crippen LogP contribution in [0.3, 0.4) is 0 Å². The molecule has 0 spiro atoms. The van der Waals surface area contributed by atoms with Crippen LogP contribution >= 0.6 is 0 Å². The van der Waals surface area contributed by atoms with Crippen molar-refractivity contribution >= 4 is 17.5 Å². The highest BCUT2D eigenvalue weighted by Crippen LogP contribution is 2.00. The van der Waals surface area contributed by atoms with E-state index in [1.54, 1.807) is 0 Å². The van der Waals surface area contributed by atoms with E-state index in [1.165, 1.54) is 6.92 Å². The van der Waals surface area contributed by atoms with Gasteiger partial charge >= 0.3 is 0 Å². The SMILES string of the molecule is CC(=O)CN[C@@H](CCCCNCC(=O)CNCN)C(N)=O. The molecule has 0 aromatic rings. The molecule has 0 aliphatic heterocycles. The first-order valence-electron chi connectivity index (χ1n) is 7.12. The normalized spacial score (nSPS) is 12.1. The molecule has 0 rings (SSSR count). The van der Waals surface area contributed by atoms with Crippen molar-refractivity contribution in [2.45, 2.75) is 32.2 Å². The Hall–Kier alpha value is -1.35. The predicted molar refractivity (Wildman–Crippen MR) is 80.5 cm³/mol. The molecule has 0 aliphatic rings. The minimum atomic E-state index is -0.482. The van der Waals surface area contributed by atoms with Crippen molar-refractivity contribution in [1.82, 2.24) is 16.0 Å². The summed E-state index contributed by atoms with van der Waals surface area (Å²) in [4.78, 5) is 33.3. The molecule has 8 heteroatoms. The summed E-state index contributed by atoms with van der Waals surface area (Å²) in [6.07, 6.45) is 2.18. The zero-order valence-corrected chi connectivity index (χ0v) is 12.6. The van der Waals surface area contributed by atoms with E-state index in [0.717, 1.165) is 12.8 Å². The van der Waals surface area contributed by atoms with Crippen LogP contribution in [-0.2, 0) is 14.4 Å². The van der Waals surface area contributed by atoms with Gasteiger partial charge in [-0.1, -0.05) is 6.42 Å². The maximum Gasteiger partial charge on any atom is 0.234 e. The molecule has 0 saturated carbocycles. The largest absolute Gasteiger partial charge is 0.368 e. The van der Waals surface area contributed by atoms with Crippen LogP contribution < -0.4 is 27.4 Å². The molecule has 0 fully saturated rings. The molecular formula is C13H27N5O3. The van der Waals surface area contributed by atoms with Gasteiger partial charge in [-0.2, -0.15) is 0 Å². The summed E-state index contributed by atoms with van der Waals surface area (Å²) in [5.74, 6) is -0.432. The van der Waals surface area contributed by atoms with E-state index in [-0.39, 0.29) is 31.3 Å². The van der Waals surface area contributed by atoms with Crippen LogP contribution in [0.5, 0.6) is 0 Å². The van der Waals surface area contributed by atoms with Gasteiger partial charge in [0.05, 0.1) is 25.7 Å². The molecule has 0 unspecified atom stereocenters. The lowest BCUT2D eigenvalue weighted by atomic mass is 10.1. The second kappa shape index (κ2) is 12.4. The number of unbranched alkanes of at least 4 members (excludes halogenated alkanes) is 1. The molecule has 0 aromatic heterocycles. The minimum Gasteiger partial charge on any atom is -0.368 e. The Morgan fingerprint density at radius 1 is 1.05 bits per heavy atom. The third-order valence-corrected chi connectivity index (χ3v) is 2.83. The monoisotopic (exact) mass is 301 g/mol. The lowest BCUT2D eigenvalue weighted by Crippen LogP contribution is -2.43. The topological polar surface area (TPSA) is 139 Å². The highest BCUT2D eigenvalue weighted by molar-refractivity contribution is 5.82. The number of carbonyl (C=O) groups is 3. The van der Waals surface area contributed by atoms with Crippen molar-refractivity contribution in [2.24, 2.45) is 11.5 Å². The molecule has 8 nitrogen and oxygen atoms in total. The van der Waals surface area contributed by atoms with E-state index in [9.17, 15) is 14.4 Å². The lowest BCUT2D eigenvalue weighted by molar-refractivity contribution is -0.121. The molecular weight excluding hydrogens is 274 g/mol. The van der Waals surface area contributed by atoms with Crippen LogP contribution in [-0.4, -0.2) is 56.4 Å². The van der Waals surface area contributed by atoms with Gasteiger partial charge in [0, 0.05) is 6.67 Å². The summed E-state index contributed by atoms with van der Waals surface area (Å²) < 4.78 is 0. The van der Waals surface area contributed by atoms with Gasteiger partial charge in [-0.3, -0.25) is 25.0 Å². The van der Waals surface area contributed by atoms with Gasteiger partial charge in [0.2, 0.25) is 5.91 Å². The fourth-order valence-electron chi connectivity index (χ4n) is 1.71. The summed E-state index contributed by atoms with van der Waals surface area (Å²) in [5, 5.41) is 8.61. The molecule has 122 valence electrons. The fourth-order valence-corrected chi connectivity index (χ4v) is 1.71. The Bertz CT molecular complexity index is 336. The van der Waals surface area contributed by atoms with E-state index in [1.807, 2.05) is 0 Å².